The summed E-state index contributed by atoms with van der Waals surface area (Å²) in [7, 11) is 3.30. The van der Waals surface area contributed by atoms with E-state index in [1.807, 2.05) is 30.5 Å². The van der Waals surface area contributed by atoms with Gasteiger partial charge in [-0.15, -0.1) is 0 Å². The van der Waals surface area contributed by atoms with Gasteiger partial charge in [0.25, 0.3) is 0 Å². The fraction of sp³-hybridized carbons (Fsp3) is 0.190. The Hall–Kier alpha value is -3.21. The Balaban J connectivity index is 1.93. The van der Waals surface area contributed by atoms with Crippen LogP contribution < -0.4 is 18.9 Å². The lowest BCUT2D eigenvalue weighted by atomic mass is 9.95. The molecule has 1 aliphatic rings. The van der Waals surface area contributed by atoms with E-state index >= 15 is 0 Å². The molecule has 0 aliphatic carbocycles. The summed E-state index contributed by atoms with van der Waals surface area (Å²) in [5.74, 6) is 2.93. The molecule has 0 spiro atoms. The van der Waals surface area contributed by atoms with E-state index < -0.39 is 0 Å². The van der Waals surface area contributed by atoms with E-state index in [9.17, 15) is 0 Å². The van der Waals surface area contributed by atoms with E-state index in [0.717, 1.165) is 49.7 Å². The highest BCUT2D eigenvalue weighted by Crippen LogP contribution is 2.42. The molecular formula is C21H17NO4. The van der Waals surface area contributed by atoms with Crippen LogP contribution in [0.2, 0.25) is 0 Å². The van der Waals surface area contributed by atoms with Gasteiger partial charge >= 0.3 is 0 Å². The van der Waals surface area contributed by atoms with Crippen molar-refractivity contribution < 1.29 is 18.9 Å². The fourth-order valence-corrected chi connectivity index (χ4v) is 3.76. The van der Waals surface area contributed by atoms with E-state index in [4.69, 9.17) is 18.9 Å². The lowest BCUT2D eigenvalue weighted by Gasteiger charge is -2.14. The number of fused-ring (bicyclic) bond motifs is 6. The molecule has 0 fully saturated rings. The Bertz CT molecular complexity index is 1200. The maximum atomic E-state index is 5.56. The van der Waals surface area contributed by atoms with Crippen LogP contribution in [-0.4, -0.2) is 26.0 Å². The largest absolute Gasteiger partial charge is 0.493 e. The van der Waals surface area contributed by atoms with Crippen LogP contribution in [0.3, 0.4) is 0 Å². The summed E-state index contributed by atoms with van der Waals surface area (Å²) in [5.41, 5.74) is 2.07. The zero-order chi connectivity index (χ0) is 17.8. The van der Waals surface area contributed by atoms with Crippen LogP contribution in [0.5, 0.6) is 23.0 Å². The molecular weight excluding hydrogens is 330 g/mol. The Kier molecular flexibility index (Phi) is 3.13. The van der Waals surface area contributed by atoms with Crippen molar-refractivity contribution in [3.63, 3.8) is 0 Å². The first kappa shape index (κ1) is 15.1. The van der Waals surface area contributed by atoms with Crippen molar-refractivity contribution in [3.8, 4) is 23.0 Å². The highest BCUT2D eigenvalue weighted by molar-refractivity contribution is 6.18. The van der Waals surface area contributed by atoms with Gasteiger partial charge in [0.2, 0.25) is 6.79 Å². The SMILES string of the molecule is COc1cc2cc(C)c3c4cc5c(cc4ncc3c2cc1OC)OCO5. The maximum absolute atomic E-state index is 5.56. The Morgan fingerprint density at radius 1 is 0.846 bits per heavy atom. The number of aryl methyl sites for hydroxylation is 1. The van der Waals surface area contributed by atoms with Crippen LogP contribution in [0, 0.1) is 6.92 Å². The maximum Gasteiger partial charge on any atom is 0.231 e. The van der Waals surface area contributed by atoms with Crippen molar-refractivity contribution in [3.05, 3.63) is 42.1 Å². The van der Waals surface area contributed by atoms with Gasteiger partial charge in [-0.05, 0) is 46.8 Å². The lowest BCUT2D eigenvalue weighted by Crippen LogP contribution is -1.93. The van der Waals surface area contributed by atoms with Gasteiger partial charge < -0.3 is 18.9 Å². The molecule has 2 heterocycles. The van der Waals surface area contributed by atoms with Gasteiger partial charge in [0.15, 0.2) is 23.0 Å². The smallest absolute Gasteiger partial charge is 0.231 e. The quantitative estimate of drug-likeness (QED) is 0.496. The molecule has 26 heavy (non-hydrogen) atoms. The summed E-state index contributed by atoms with van der Waals surface area (Å²) < 4.78 is 22.0. The Labute approximate surface area is 150 Å². The minimum atomic E-state index is 0.252. The number of benzene rings is 3. The van der Waals surface area contributed by atoms with E-state index in [-0.39, 0.29) is 6.79 Å². The number of aromatic nitrogens is 1. The summed E-state index contributed by atoms with van der Waals surface area (Å²) >= 11 is 0. The van der Waals surface area contributed by atoms with Gasteiger partial charge in [0.05, 0.1) is 19.7 Å². The third-order valence-corrected chi connectivity index (χ3v) is 4.97. The van der Waals surface area contributed by atoms with Crippen molar-refractivity contribution in [1.82, 2.24) is 4.98 Å². The van der Waals surface area contributed by atoms with Crippen molar-refractivity contribution in [1.29, 1.82) is 0 Å². The molecule has 130 valence electrons. The van der Waals surface area contributed by atoms with Gasteiger partial charge in [0, 0.05) is 23.0 Å². The molecule has 0 amide bonds. The van der Waals surface area contributed by atoms with Gasteiger partial charge in [-0.25, -0.2) is 0 Å². The lowest BCUT2D eigenvalue weighted by molar-refractivity contribution is 0.174. The summed E-state index contributed by atoms with van der Waals surface area (Å²) in [6.07, 6.45) is 1.92. The zero-order valence-electron chi connectivity index (χ0n) is 14.8. The molecule has 1 aliphatic heterocycles. The molecule has 0 unspecified atom stereocenters. The Morgan fingerprint density at radius 3 is 2.35 bits per heavy atom. The monoisotopic (exact) mass is 347 g/mol. The highest BCUT2D eigenvalue weighted by Gasteiger charge is 2.18. The van der Waals surface area contributed by atoms with Crippen molar-refractivity contribution in [2.75, 3.05) is 21.0 Å². The van der Waals surface area contributed by atoms with E-state index in [0.29, 0.717) is 5.75 Å². The predicted octanol–water partition coefficient (Wildman–Crippen LogP) is 4.60. The Morgan fingerprint density at radius 2 is 1.58 bits per heavy atom. The van der Waals surface area contributed by atoms with Gasteiger partial charge in [-0.2, -0.15) is 0 Å². The first-order valence-electron chi connectivity index (χ1n) is 8.37. The van der Waals surface area contributed by atoms with Gasteiger partial charge in [0.1, 0.15) is 0 Å². The number of hydrogen-bond acceptors (Lipinski definition) is 5. The minimum absolute atomic E-state index is 0.252. The molecule has 5 heteroatoms. The van der Waals surface area contributed by atoms with Crippen LogP contribution in [0.15, 0.2) is 36.5 Å². The standard InChI is InChI=1S/C21H17NO4/c1-11-4-12-5-17(23-2)18(24-3)6-13(12)15-9-22-16-8-20-19(25-10-26-20)7-14(16)21(11)15/h4-9H,10H2,1-3H3. The number of nitrogens with zero attached hydrogens (tertiary/aromatic N) is 1. The van der Waals surface area contributed by atoms with Crippen LogP contribution in [0.25, 0.3) is 32.4 Å². The molecule has 5 nitrogen and oxygen atoms in total. The number of hydrogen-bond donors (Lipinski definition) is 0. The number of ether oxygens (including phenoxy) is 4. The summed E-state index contributed by atoms with van der Waals surface area (Å²) in [5, 5.41) is 5.46. The number of pyridine rings is 1. The second-order valence-electron chi connectivity index (χ2n) is 6.39. The van der Waals surface area contributed by atoms with Crippen LogP contribution in [0.1, 0.15) is 5.56 Å². The molecule has 5 rings (SSSR count). The summed E-state index contributed by atoms with van der Waals surface area (Å²) in [6.45, 7) is 2.37. The molecule has 0 saturated carbocycles. The summed E-state index contributed by atoms with van der Waals surface area (Å²) in [4.78, 5) is 4.67. The molecule has 3 aromatic carbocycles. The van der Waals surface area contributed by atoms with Crippen molar-refractivity contribution in [2.45, 2.75) is 6.92 Å². The zero-order valence-corrected chi connectivity index (χ0v) is 14.8. The van der Waals surface area contributed by atoms with Crippen LogP contribution >= 0.6 is 0 Å². The van der Waals surface area contributed by atoms with E-state index in [1.54, 1.807) is 14.2 Å². The molecule has 0 bridgehead atoms. The second-order valence-corrected chi connectivity index (χ2v) is 6.39. The first-order valence-corrected chi connectivity index (χ1v) is 8.37. The van der Waals surface area contributed by atoms with Crippen LogP contribution in [0.4, 0.5) is 0 Å². The molecule has 0 atom stereocenters. The molecule has 4 aromatic rings. The normalized spacial score (nSPS) is 12.9. The topological polar surface area (TPSA) is 49.8 Å². The second kappa shape index (κ2) is 5.39. The number of rotatable bonds is 2. The van der Waals surface area contributed by atoms with Gasteiger partial charge in [-0.1, -0.05) is 6.07 Å². The predicted molar refractivity (Wildman–Crippen MR) is 101 cm³/mol. The van der Waals surface area contributed by atoms with Gasteiger partial charge in [-0.3, -0.25) is 4.98 Å². The molecule has 0 saturated heterocycles. The van der Waals surface area contributed by atoms with Crippen molar-refractivity contribution in [2.24, 2.45) is 0 Å². The summed E-state index contributed by atoms with van der Waals surface area (Å²) in [6, 6.07) is 10.1. The average Bonchev–Trinajstić information content (AvgIpc) is 3.12. The average molecular weight is 347 g/mol. The molecule has 1 aromatic heterocycles. The first-order chi connectivity index (χ1) is 12.7. The fourth-order valence-electron chi connectivity index (χ4n) is 3.76. The third-order valence-electron chi connectivity index (χ3n) is 4.97. The highest BCUT2D eigenvalue weighted by atomic mass is 16.7. The van der Waals surface area contributed by atoms with Crippen LogP contribution in [-0.2, 0) is 0 Å². The minimum Gasteiger partial charge on any atom is -0.493 e. The third kappa shape index (κ3) is 2.00. The molecule has 0 N–H and O–H groups in total. The molecule has 0 radical (unpaired) electrons. The van der Waals surface area contributed by atoms with E-state index in [1.165, 1.54) is 5.56 Å². The van der Waals surface area contributed by atoms with Crippen molar-refractivity contribution >= 4 is 32.4 Å². The number of methoxy groups -OCH3 is 2. The van der Waals surface area contributed by atoms with E-state index in [2.05, 4.69) is 18.0 Å².